The van der Waals surface area contributed by atoms with Gasteiger partial charge in [-0.25, -0.2) is 4.39 Å². The first-order valence-electron chi connectivity index (χ1n) is 9.88. The van der Waals surface area contributed by atoms with Gasteiger partial charge >= 0.3 is 0 Å². The molecule has 3 N–H and O–H groups in total. The molecule has 4 rings (SSSR count). The van der Waals surface area contributed by atoms with Crippen molar-refractivity contribution in [1.29, 1.82) is 0 Å². The minimum absolute atomic E-state index is 0. The minimum atomic E-state index is -0.193. The number of nitrogens with one attached hydrogen (secondary N) is 1. The molecule has 0 saturated carbocycles. The number of likely N-dealkylation sites (tertiary alicyclic amines) is 1. The third-order valence-corrected chi connectivity index (χ3v) is 5.75. The van der Waals surface area contributed by atoms with E-state index in [2.05, 4.69) is 10.2 Å². The first kappa shape index (κ1) is 26.8. The summed E-state index contributed by atoms with van der Waals surface area (Å²) in [6.07, 6.45) is 3.38. The molecule has 2 aliphatic heterocycles. The highest BCUT2D eigenvalue weighted by Gasteiger charge is 2.29. The van der Waals surface area contributed by atoms with E-state index in [1.165, 1.54) is 12.1 Å². The number of hydrogen-bond acceptors (Lipinski definition) is 4. The quantitative estimate of drug-likeness (QED) is 0.571. The van der Waals surface area contributed by atoms with Crippen LogP contribution in [0.5, 0.6) is 0 Å². The second-order valence-corrected chi connectivity index (χ2v) is 7.78. The molecule has 2 aromatic rings. The van der Waals surface area contributed by atoms with Crippen molar-refractivity contribution in [3.63, 3.8) is 0 Å². The maximum Gasteiger partial charge on any atom is 0.123 e. The Morgan fingerprint density at radius 2 is 1.67 bits per heavy atom. The molecule has 2 heterocycles. The summed E-state index contributed by atoms with van der Waals surface area (Å²) in [4.78, 5) is 2.55. The number of halogens is 4. The summed E-state index contributed by atoms with van der Waals surface area (Å²) in [5.41, 5.74) is 8.98. The van der Waals surface area contributed by atoms with Crippen molar-refractivity contribution in [1.82, 2.24) is 4.90 Å². The van der Waals surface area contributed by atoms with Crippen molar-refractivity contribution < 1.29 is 9.13 Å². The Bertz CT molecular complexity index is 758. The lowest BCUT2D eigenvalue weighted by atomic mass is 9.98. The first-order valence-corrected chi connectivity index (χ1v) is 9.88. The van der Waals surface area contributed by atoms with Gasteiger partial charge in [-0.3, -0.25) is 0 Å². The second kappa shape index (κ2) is 12.6. The topological polar surface area (TPSA) is 50.5 Å². The van der Waals surface area contributed by atoms with Crippen molar-refractivity contribution in [3.8, 4) is 0 Å². The molecule has 2 saturated heterocycles. The van der Waals surface area contributed by atoms with E-state index in [0.717, 1.165) is 62.4 Å². The van der Waals surface area contributed by atoms with Crippen molar-refractivity contribution in [3.05, 3.63) is 59.9 Å². The van der Waals surface area contributed by atoms with Crippen LogP contribution in [-0.2, 0) is 4.74 Å². The molecule has 0 radical (unpaired) electrons. The average Bonchev–Trinajstić information content (AvgIpc) is 3.14. The van der Waals surface area contributed by atoms with E-state index in [4.69, 9.17) is 10.5 Å². The minimum Gasteiger partial charge on any atom is -0.397 e. The summed E-state index contributed by atoms with van der Waals surface area (Å²) in [7, 11) is 0. The number of hydrogen-bond donors (Lipinski definition) is 2. The van der Waals surface area contributed by atoms with Crippen molar-refractivity contribution >= 4 is 48.6 Å². The summed E-state index contributed by atoms with van der Waals surface area (Å²) in [6, 6.07) is 15.2. The Morgan fingerprint density at radius 1 is 1.00 bits per heavy atom. The first-order chi connectivity index (χ1) is 13.2. The molecule has 0 aromatic heterocycles. The largest absolute Gasteiger partial charge is 0.397 e. The smallest absolute Gasteiger partial charge is 0.123 e. The highest BCUT2D eigenvalue weighted by Crippen LogP contribution is 2.33. The number of anilines is 2. The third-order valence-electron chi connectivity index (χ3n) is 5.75. The Hall–Kier alpha value is -1.24. The molecule has 0 spiro atoms. The predicted molar refractivity (Wildman–Crippen MR) is 129 cm³/mol. The lowest BCUT2D eigenvalue weighted by Crippen LogP contribution is -2.41. The molecule has 8 heteroatoms. The number of piperidine rings is 1. The monoisotopic (exact) mass is 477 g/mol. The van der Waals surface area contributed by atoms with Gasteiger partial charge in [0.05, 0.1) is 24.1 Å². The number of nitrogens with two attached hydrogens (primary N) is 1. The molecule has 168 valence electrons. The van der Waals surface area contributed by atoms with Gasteiger partial charge in [-0.15, -0.1) is 37.2 Å². The number of para-hydroxylation sites is 2. The molecule has 0 aliphatic carbocycles. The molecule has 0 bridgehead atoms. The van der Waals surface area contributed by atoms with Gasteiger partial charge < -0.3 is 20.7 Å². The zero-order chi connectivity index (χ0) is 18.6. The van der Waals surface area contributed by atoms with Crippen LogP contribution in [0.4, 0.5) is 15.8 Å². The molecule has 0 unspecified atom stereocenters. The molecule has 2 atom stereocenters. The molecule has 30 heavy (non-hydrogen) atoms. The second-order valence-electron chi connectivity index (χ2n) is 7.78. The van der Waals surface area contributed by atoms with Crippen molar-refractivity contribution in [2.75, 3.05) is 37.3 Å². The lowest BCUT2D eigenvalue weighted by Gasteiger charge is -2.34. The molecule has 0 amide bonds. The van der Waals surface area contributed by atoms with Gasteiger partial charge in [0.2, 0.25) is 0 Å². The molecule has 2 aromatic carbocycles. The number of benzene rings is 2. The van der Waals surface area contributed by atoms with E-state index in [-0.39, 0.29) is 49.1 Å². The van der Waals surface area contributed by atoms with Crippen LogP contribution in [0.2, 0.25) is 0 Å². The van der Waals surface area contributed by atoms with E-state index in [9.17, 15) is 4.39 Å². The van der Waals surface area contributed by atoms with Gasteiger partial charge in [0.1, 0.15) is 5.82 Å². The van der Waals surface area contributed by atoms with E-state index in [1.54, 1.807) is 0 Å². The van der Waals surface area contributed by atoms with Gasteiger partial charge in [-0.2, -0.15) is 0 Å². The fourth-order valence-electron chi connectivity index (χ4n) is 4.20. The average molecular weight is 479 g/mol. The highest BCUT2D eigenvalue weighted by molar-refractivity contribution is 5.86. The van der Waals surface area contributed by atoms with Crippen molar-refractivity contribution in [2.45, 2.75) is 31.4 Å². The van der Waals surface area contributed by atoms with Gasteiger partial charge in [-0.1, -0.05) is 24.3 Å². The molecule has 2 fully saturated rings. The standard InChI is InChI=1S/C22H28FN3O.3ClH/c23-18-7-5-17(6-8-18)22-13-16(15-27-22)14-26-11-9-19(10-12-26)25-21-4-2-1-3-20(21)24;;;/h1-8,16,19,22,25H,9-15,24H2;3*1H/t16-,22+;;;/m1.../s1. The number of rotatable bonds is 5. The van der Waals surface area contributed by atoms with Crippen LogP contribution in [0.15, 0.2) is 48.5 Å². The van der Waals surface area contributed by atoms with Gasteiger partial charge in [-0.05, 0) is 55.0 Å². The van der Waals surface area contributed by atoms with Gasteiger partial charge in [0, 0.05) is 25.7 Å². The maximum absolute atomic E-state index is 13.1. The van der Waals surface area contributed by atoms with Crippen molar-refractivity contribution in [2.24, 2.45) is 5.92 Å². The summed E-state index contributed by atoms with van der Waals surface area (Å²) in [5, 5.41) is 3.59. The molecule has 4 nitrogen and oxygen atoms in total. The van der Waals surface area contributed by atoms with E-state index in [0.29, 0.717) is 12.0 Å². The molecule has 2 aliphatic rings. The number of nitrogen functional groups attached to an aromatic ring is 1. The van der Waals surface area contributed by atoms with Crippen LogP contribution in [0.3, 0.4) is 0 Å². The number of nitrogens with zero attached hydrogens (tertiary/aromatic N) is 1. The number of ether oxygens (including phenoxy) is 1. The summed E-state index contributed by atoms with van der Waals surface area (Å²) in [6.45, 7) is 4.07. The van der Waals surface area contributed by atoms with Crippen LogP contribution < -0.4 is 11.1 Å². The van der Waals surface area contributed by atoms with Crippen LogP contribution in [-0.4, -0.2) is 37.2 Å². The Kier molecular flexibility index (Phi) is 11.2. The Labute approximate surface area is 197 Å². The van der Waals surface area contributed by atoms with Gasteiger partial charge in [0.25, 0.3) is 0 Å². The normalized spacial score (nSPS) is 21.8. The highest BCUT2D eigenvalue weighted by atomic mass is 35.5. The fourth-order valence-corrected chi connectivity index (χ4v) is 4.20. The Balaban J connectivity index is 0.00000150. The van der Waals surface area contributed by atoms with Gasteiger partial charge in [0.15, 0.2) is 0 Å². The predicted octanol–water partition coefficient (Wildman–Crippen LogP) is 5.33. The summed E-state index contributed by atoms with van der Waals surface area (Å²) < 4.78 is 19.1. The third kappa shape index (κ3) is 6.89. The molecular formula is C22H31Cl3FN3O. The van der Waals surface area contributed by atoms with E-state index >= 15 is 0 Å². The molecular weight excluding hydrogens is 448 g/mol. The summed E-state index contributed by atoms with van der Waals surface area (Å²) >= 11 is 0. The van der Waals surface area contributed by atoms with Crippen LogP contribution in [0.1, 0.15) is 30.9 Å². The fraction of sp³-hybridized carbons (Fsp3) is 0.455. The Morgan fingerprint density at radius 3 is 2.33 bits per heavy atom. The van der Waals surface area contributed by atoms with Crippen LogP contribution in [0, 0.1) is 11.7 Å². The maximum atomic E-state index is 13.1. The zero-order valence-corrected chi connectivity index (χ0v) is 19.3. The SMILES string of the molecule is Cl.Cl.Cl.Nc1ccccc1NC1CCN(C[C@@H]2CO[C@H](c3ccc(F)cc3)C2)CC1. The summed E-state index contributed by atoms with van der Waals surface area (Å²) in [5.74, 6) is 0.358. The van der Waals surface area contributed by atoms with E-state index < -0.39 is 0 Å². The van der Waals surface area contributed by atoms with Crippen LogP contribution in [0.25, 0.3) is 0 Å². The van der Waals surface area contributed by atoms with E-state index in [1.807, 2.05) is 36.4 Å². The lowest BCUT2D eigenvalue weighted by molar-refractivity contribution is 0.102. The zero-order valence-electron chi connectivity index (χ0n) is 16.8. The van der Waals surface area contributed by atoms with Crippen LogP contribution >= 0.6 is 37.2 Å².